The van der Waals surface area contributed by atoms with E-state index < -0.39 is 6.10 Å². The molecule has 1 aromatic carbocycles. The number of carbonyl (C=O) groups is 1. The van der Waals surface area contributed by atoms with Gasteiger partial charge in [0.1, 0.15) is 5.75 Å². The predicted octanol–water partition coefficient (Wildman–Crippen LogP) is 2.26. The molecule has 0 amide bonds. The summed E-state index contributed by atoms with van der Waals surface area (Å²) < 4.78 is 10.7. The molecule has 0 fully saturated rings. The zero-order valence-electron chi connectivity index (χ0n) is 9.76. The highest BCUT2D eigenvalue weighted by Crippen LogP contribution is 2.28. The van der Waals surface area contributed by atoms with E-state index in [2.05, 4.69) is 5.32 Å². The van der Waals surface area contributed by atoms with Gasteiger partial charge in [-0.1, -0.05) is 12.1 Å². The van der Waals surface area contributed by atoms with E-state index in [0.717, 1.165) is 17.0 Å². The van der Waals surface area contributed by atoms with E-state index in [0.29, 0.717) is 13.0 Å². The lowest BCUT2D eigenvalue weighted by Gasteiger charge is -2.26. The molecule has 0 radical (unpaired) electrons. The van der Waals surface area contributed by atoms with Gasteiger partial charge in [-0.25, -0.2) is 0 Å². The topological polar surface area (TPSA) is 51.5 Å². The van der Waals surface area contributed by atoms with Crippen LogP contribution < -0.4 is 10.1 Å². The molecule has 4 heteroatoms. The molecule has 92 valence electrons. The molecule has 2 heterocycles. The molecule has 1 N–H and O–H groups in total. The third kappa shape index (κ3) is 2.09. The number of ether oxygens (including phenoxy) is 1. The molecule has 0 saturated heterocycles. The van der Waals surface area contributed by atoms with Crippen LogP contribution in [0, 0.1) is 0 Å². The van der Waals surface area contributed by atoms with E-state index in [4.69, 9.17) is 9.15 Å². The Balaban J connectivity index is 1.70. The summed E-state index contributed by atoms with van der Waals surface area (Å²) >= 11 is 0. The number of Topliss-reactive ketones (excluding diaryl/α,β-unsaturated/α-hetero) is 1. The van der Waals surface area contributed by atoms with E-state index in [-0.39, 0.29) is 5.78 Å². The van der Waals surface area contributed by atoms with Crippen LogP contribution >= 0.6 is 0 Å². The Bertz CT molecular complexity index is 548. The predicted molar refractivity (Wildman–Crippen MR) is 66.8 cm³/mol. The maximum Gasteiger partial charge on any atom is 0.179 e. The number of hydrogen-bond acceptors (Lipinski definition) is 4. The Morgan fingerprint density at radius 1 is 1.33 bits per heavy atom. The number of rotatable bonds is 3. The first-order chi connectivity index (χ1) is 8.83. The third-order valence-electron chi connectivity index (χ3n) is 2.95. The average molecular weight is 243 g/mol. The van der Waals surface area contributed by atoms with Gasteiger partial charge >= 0.3 is 0 Å². The Morgan fingerprint density at radius 2 is 2.22 bits per heavy atom. The normalized spacial score (nSPS) is 17.4. The number of fused-ring (bicyclic) bond motifs is 1. The molecule has 18 heavy (non-hydrogen) atoms. The number of carbonyl (C=O) groups excluding carboxylic acids is 1. The molecular weight excluding hydrogens is 230 g/mol. The fourth-order valence-corrected chi connectivity index (χ4v) is 2.00. The fraction of sp³-hybridized carbons (Fsp3) is 0.214. The van der Waals surface area contributed by atoms with Crippen molar-refractivity contribution >= 4 is 11.5 Å². The van der Waals surface area contributed by atoms with Gasteiger partial charge in [-0.05, 0) is 23.8 Å². The minimum Gasteiger partial charge on any atom is -0.479 e. The van der Waals surface area contributed by atoms with Crippen LogP contribution in [0.25, 0.3) is 0 Å². The van der Waals surface area contributed by atoms with Gasteiger partial charge in [0, 0.05) is 6.42 Å². The Labute approximate surface area is 105 Å². The van der Waals surface area contributed by atoms with E-state index in [9.17, 15) is 4.79 Å². The first kappa shape index (κ1) is 10.9. The number of anilines is 1. The van der Waals surface area contributed by atoms with Crippen molar-refractivity contribution in [2.45, 2.75) is 12.5 Å². The quantitative estimate of drug-likeness (QED) is 0.898. The van der Waals surface area contributed by atoms with Crippen molar-refractivity contribution in [1.29, 1.82) is 0 Å². The zero-order valence-corrected chi connectivity index (χ0v) is 9.76. The lowest BCUT2D eigenvalue weighted by atomic mass is 10.1. The summed E-state index contributed by atoms with van der Waals surface area (Å²) in [6.45, 7) is 0.508. The van der Waals surface area contributed by atoms with Crippen molar-refractivity contribution in [1.82, 2.24) is 0 Å². The SMILES string of the molecule is O=C(Cc1ccoc1)C1CNc2ccccc2O1. The standard InChI is InChI=1S/C14H13NO3/c16-12(7-10-5-6-17-9-10)14-8-15-11-3-1-2-4-13(11)18-14/h1-6,9,14-15H,7-8H2. The lowest BCUT2D eigenvalue weighted by molar-refractivity contribution is -0.124. The summed E-state index contributed by atoms with van der Waals surface area (Å²) in [5.74, 6) is 0.785. The molecule has 3 rings (SSSR count). The van der Waals surface area contributed by atoms with E-state index in [1.54, 1.807) is 18.6 Å². The number of para-hydroxylation sites is 2. The molecule has 0 saturated carbocycles. The summed E-state index contributed by atoms with van der Waals surface area (Å²) in [5.41, 5.74) is 1.81. The first-order valence-electron chi connectivity index (χ1n) is 5.86. The van der Waals surface area contributed by atoms with Crippen LogP contribution in [-0.4, -0.2) is 18.4 Å². The first-order valence-corrected chi connectivity index (χ1v) is 5.86. The second-order valence-electron chi connectivity index (χ2n) is 4.26. The van der Waals surface area contributed by atoms with Crippen molar-refractivity contribution in [3.05, 3.63) is 48.4 Å². The van der Waals surface area contributed by atoms with Crippen molar-refractivity contribution in [2.75, 3.05) is 11.9 Å². The second kappa shape index (κ2) is 4.56. The molecule has 0 spiro atoms. The van der Waals surface area contributed by atoms with Gasteiger partial charge in [-0.15, -0.1) is 0 Å². The maximum atomic E-state index is 12.1. The molecule has 2 aromatic rings. The molecular formula is C14H13NO3. The largest absolute Gasteiger partial charge is 0.479 e. The highest BCUT2D eigenvalue weighted by Gasteiger charge is 2.25. The van der Waals surface area contributed by atoms with E-state index in [1.807, 2.05) is 24.3 Å². The van der Waals surface area contributed by atoms with Crippen LogP contribution in [-0.2, 0) is 11.2 Å². The number of ketones is 1. The second-order valence-corrected chi connectivity index (χ2v) is 4.26. The maximum absolute atomic E-state index is 12.1. The average Bonchev–Trinajstić information content (AvgIpc) is 2.91. The fourth-order valence-electron chi connectivity index (χ4n) is 2.00. The van der Waals surface area contributed by atoms with Crippen LogP contribution in [0.1, 0.15) is 5.56 Å². The van der Waals surface area contributed by atoms with Crippen LogP contribution in [0.4, 0.5) is 5.69 Å². The molecule has 1 unspecified atom stereocenters. The van der Waals surface area contributed by atoms with Crippen molar-refractivity contribution in [2.24, 2.45) is 0 Å². The monoisotopic (exact) mass is 243 g/mol. The number of furan rings is 1. The summed E-state index contributed by atoms with van der Waals surface area (Å²) in [7, 11) is 0. The van der Waals surface area contributed by atoms with Gasteiger partial charge in [-0.2, -0.15) is 0 Å². The molecule has 1 aromatic heterocycles. The van der Waals surface area contributed by atoms with Gasteiger partial charge in [-0.3, -0.25) is 4.79 Å². The molecule has 1 atom stereocenters. The minimum absolute atomic E-state index is 0.0541. The van der Waals surface area contributed by atoms with Crippen LogP contribution in [0.5, 0.6) is 5.75 Å². The van der Waals surface area contributed by atoms with Crippen molar-refractivity contribution in [3.8, 4) is 5.75 Å². The zero-order chi connectivity index (χ0) is 12.4. The van der Waals surface area contributed by atoms with Gasteiger partial charge < -0.3 is 14.5 Å². The van der Waals surface area contributed by atoms with E-state index >= 15 is 0 Å². The highest BCUT2D eigenvalue weighted by molar-refractivity contribution is 5.87. The van der Waals surface area contributed by atoms with Crippen LogP contribution in [0.3, 0.4) is 0 Å². The Kier molecular flexibility index (Phi) is 2.76. The molecule has 0 aliphatic carbocycles. The molecule has 1 aliphatic rings. The molecule has 0 bridgehead atoms. The third-order valence-corrected chi connectivity index (χ3v) is 2.95. The van der Waals surface area contributed by atoms with Gasteiger partial charge in [0.25, 0.3) is 0 Å². The smallest absolute Gasteiger partial charge is 0.179 e. The van der Waals surface area contributed by atoms with Gasteiger partial charge in [0.05, 0.1) is 24.8 Å². The molecule has 1 aliphatic heterocycles. The lowest BCUT2D eigenvalue weighted by Crippen LogP contribution is -2.38. The van der Waals surface area contributed by atoms with Crippen molar-refractivity contribution < 1.29 is 13.9 Å². The Hall–Kier alpha value is -2.23. The van der Waals surface area contributed by atoms with Crippen LogP contribution in [0.15, 0.2) is 47.3 Å². The highest BCUT2D eigenvalue weighted by atomic mass is 16.5. The van der Waals surface area contributed by atoms with Crippen molar-refractivity contribution in [3.63, 3.8) is 0 Å². The van der Waals surface area contributed by atoms with E-state index in [1.165, 1.54) is 0 Å². The number of benzene rings is 1. The van der Waals surface area contributed by atoms with Gasteiger partial charge in [0.2, 0.25) is 0 Å². The molecule has 4 nitrogen and oxygen atoms in total. The van der Waals surface area contributed by atoms with Crippen LogP contribution in [0.2, 0.25) is 0 Å². The summed E-state index contributed by atoms with van der Waals surface area (Å²) in [4.78, 5) is 12.1. The summed E-state index contributed by atoms with van der Waals surface area (Å²) in [5, 5.41) is 3.20. The summed E-state index contributed by atoms with van der Waals surface area (Å²) in [6.07, 6.45) is 3.06. The number of hydrogen-bond donors (Lipinski definition) is 1. The summed E-state index contributed by atoms with van der Waals surface area (Å²) in [6, 6.07) is 9.42. The Morgan fingerprint density at radius 3 is 3.06 bits per heavy atom. The minimum atomic E-state index is -0.435. The number of nitrogens with one attached hydrogen (secondary N) is 1. The van der Waals surface area contributed by atoms with Gasteiger partial charge in [0.15, 0.2) is 11.9 Å².